The first-order valence-electron chi connectivity index (χ1n) is 11.5. The lowest BCUT2D eigenvalue weighted by molar-refractivity contribution is 0.0739. The van der Waals surface area contributed by atoms with E-state index >= 15 is 0 Å². The van der Waals surface area contributed by atoms with Gasteiger partial charge in [0.25, 0.3) is 5.91 Å². The molecule has 2 saturated heterocycles. The van der Waals surface area contributed by atoms with Crippen LogP contribution in [0.15, 0.2) is 54.6 Å². The van der Waals surface area contributed by atoms with Crippen LogP contribution in [-0.2, 0) is 9.84 Å². The summed E-state index contributed by atoms with van der Waals surface area (Å²) in [5, 5.41) is 4.61. The molecule has 1 unspecified atom stereocenters. The van der Waals surface area contributed by atoms with Crippen LogP contribution in [0.2, 0.25) is 0 Å². The Kier molecular flexibility index (Phi) is 5.89. The van der Waals surface area contributed by atoms with Gasteiger partial charge < -0.3 is 9.80 Å². The van der Waals surface area contributed by atoms with Crippen LogP contribution in [0.4, 0.5) is 10.1 Å². The first-order valence-corrected chi connectivity index (χ1v) is 13.3. The predicted molar refractivity (Wildman–Crippen MR) is 129 cm³/mol. The summed E-state index contributed by atoms with van der Waals surface area (Å²) >= 11 is 0. The topological polar surface area (TPSA) is 75.5 Å². The zero-order valence-corrected chi connectivity index (χ0v) is 19.8. The maximum absolute atomic E-state index is 14.2. The molecule has 9 heteroatoms. The highest BCUT2D eigenvalue weighted by Gasteiger charge is 2.33. The number of rotatable bonds is 4. The number of carbonyl (C=O) groups excluding carboxylic acids is 1. The molecule has 2 aromatic carbocycles. The Hall–Kier alpha value is -3.20. The summed E-state index contributed by atoms with van der Waals surface area (Å²) < 4.78 is 40.1. The van der Waals surface area contributed by atoms with E-state index < -0.39 is 9.84 Å². The Morgan fingerprint density at radius 2 is 1.74 bits per heavy atom. The average molecular weight is 483 g/mol. The Balaban J connectivity index is 1.39. The van der Waals surface area contributed by atoms with Gasteiger partial charge in [0, 0.05) is 26.2 Å². The van der Waals surface area contributed by atoms with Crippen LogP contribution < -0.4 is 4.90 Å². The molecule has 34 heavy (non-hydrogen) atoms. The Labute approximate surface area is 198 Å². The van der Waals surface area contributed by atoms with Crippen molar-refractivity contribution in [3.63, 3.8) is 0 Å². The number of piperazine rings is 1. The normalized spacial score (nSPS) is 20.0. The highest BCUT2D eigenvalue weighted by atomic mass is 32.2. The van der Waals surface area contributed by atoms with E-state index in [9.17, 15) is 17.6 Å². The van der Waals surface area contributed by atoms with E-state index in [0.29, 0.717) is 44.0 Å². The second kappa shape index (κ2) is 8.87. The van der Waals surface area contributed by atoms with E-state index in [1.807, 2.05) is 36.1 Å². The summed E-state index contributed by atoms with van der Waals surface area (Å²) in [5.74, 6) is -0.300. The van der Waals surface area contributed by atoms with Crippen LogP contribution in [0.5, 0.6) is 0 Å². The number of hydrogen-bond acceptors (Lipinski definition) is 5. The Morgan fingerprint density at radius 3 is 2.38 bits per heavy atom. The molecule has 1 amide bonds. The molecule has 3 heterocycles. The molecule has 2 fully saturated rings. The second-order valence-corrected chi connectivity index (χ2v) is 11.2. The minimum absolute atomic E-state index is 0.0302. The van der Waals surface area contributed by atoms with Gasteiger partial charge in [-0.15, -0.1) is 0 Å². The van der Waals surface area contributed by atoms with Gasteiger partial charge in [-0.2, -0.15) is 5.10 Å². The highest BCUT2D eigenvalue weighted by Crippen LogP contribution is 2.31. The summed E-state index contributed by atoms with van der Waals surface area (Å²) in [6, 6.07) is 16.0. The molecule has 0 radical (unpaired) electrons. The SMILES string of the molecule is Cc1ccc(-c2cc(C(=O)N3CCN(c4ccccc4F)CC3)nn2C2CCS(=O)(=O)C2)cc1. The number of aromatic nitrogens is 2. The summed E-state index contributed by atoms with van der Waals surface area (Å²) in [6.07, 6.45) is 0.484. The largest absolute Gasteiger partial charge is 0.366 e. The highest BCUT2D eigenvalue weighted by molar-refractivity contribution is 7.91. The van der Waals surface area contributed by atoms with Crippen LogP contribution in [0.1, 0.15) is 28.5 Å². The van der Waals surface area contributed by atoms with E-state index in [-0.39, 0.29) is 29.3 Å². The van der Waals surface area contributed by atoms with E-state index in [2.05, 4.69) is 5.10 Å². The quantitative estimate of drug-likeness (QED) is 0.570. The van der Waals surface area contributed by atoms with Crippen molar-refractivity contribution in [1.29, 1.82) is 0 Å². The number of nitrogens with zero attached hydrogens (tertiary/aromatic N) is 4. The third-order valence-corrected chi connectivity index (χ3v) is 8.37. The van der Waals surface area contributed by atoms with Gasteiger partial charge in [-0.05, 0) is 37.1 Å². The van der Waals surface area contributed by atoms with E-state index in [4.69, 9.17) is 0 Å². The third-order valence-electron chi connectivity index (χ3n) is 6.62. The van der Waals surface area contributed by atoms with Gasteiger partial charge in [0.2, 0.25) is 0 Å². The fourth-order valence-corrected chi connectivity index (χ4v) is 6.40. The number of para-hydroxylation sites is 1. The number of anilines is 1. The lowest BCUT2D eigenvalue weighted by Crippen LogP contribution is -2.49. The van der Waals surface area contributed by atoms with Crippen molar-refractivity contribution in [3.05, 3.63) is 71.7 Å². The van der Waals surface area contributed by atoms with Crippen molar-refractivity contribution < 1.29 is 17.6 Å². The zero-order chi connectivity index (χ0) is 23.9. The van der Waals surface area contributed by atoms with Crippen molar-refractivity contribution in [2.24, 2.45) is 0 Å². The molecule has 0 spiro atoms. The molecule has 1 atom stereocenters. The maximum atomic E-state index is 14.2. The van der Waals surface area contributed by atoms with Gasteiger partial charge in [0.1, 0.15) is 5.82 Å². The minimum atomic E-state index is -3.11. The molecule has 2 aliphatic heterocycles. The van der Waals surface area contributed by atoms with Crippen molar-refractivity contribution in [3.8, 4) is 11.3 Å². The number of carbonyl (C=O) groups is 1. The van der Waals surface area contributed by atoms with Crippen LogP contribution in [-0.4, -0.2) is 66.7 Å². The Morgan fingerprint density at radius 1 is 1.03 bits per heavy atom. The molecule has 0 saturated carbocycles. The molecule has 0 N–H and O–H groups in total. The number of hydrogen-bond donors (Lipinski definition) is 0. The summed E-state index contributed by atoms with van der Waals surface area (Å²) in [4.78, 5) is 17.0. The monoisotopic (exact) mass is 482 g/mol. The van der Waals surface area contributed by atoms with E-state index in [1.165, 1.54) is 6.07 Å². The van der Waals surface area contributed by atoms with Crippen LogP contribution in [0.25, 0.3) is 11.3 Å². The molecule has 7 nitrogen and oxygen atoms in total. The number of aryl methyl sites for hydroxylation is 1. The Bertz CT molecular complexity index is 1310. The predicted octanol–water partition coefficient (Wildman–Crippen LogP) is 3.32. The molecule has 2 aliphatic rings. The lowest BCUT2D eigenvalue weighted by Gasteiger charge is -2.35. The average Bonchev–Trinajstić information content (AvgIpc) is 3.43. The fourth-order valence-electron chi connectivity index (χ4n) is 4.71. The minimum Gasteiger partial charge on any atom is -0.366 e. The van der Waals surface area contributed by atoms with Gasteiger partial charge in [0.15, 0.2) is 15.5 Å². The number of halogens is 1. The van der Waals surface area contributed by atoms with Crippen molar-refractivity contribution in [2.45, 2.75) is 19.4 Å². The van der Waals surface area contributed by atoms with E-state index in [1.54, 1.807) is 33.8 Å². The second-order valence-electron chi connectivity index (χ2n) is 9.01. The van der Waals surface area contributed by atoms with Crippen molar-refractivity contribution in [2.75, 3.05) is 42.6 Å². The molecular formula is C25H27FN4O3S. The molecule has 0 aliphatic carbocycles. The van der Waals surface area contributed by atoms with Gasteiger partial charge >= 0.3 is 0 Å². The standard InChI is InChI=1S/C25H27FN4O3S/c1-18-6-8-19(9-7-18)24-16-22(27-30(24)20-10-15-34(32,33)17-20)25(31)29-13-11-28(12-14-29)23-5-3-2-4-21(23)26/h2-9,16,20H,10-15,17H2,1H3. The number of benzene rings is 2. The van der Waals surface area contributed by atoms with Crippen LogP contribution in [0, 0.1) is 12.7 Å². The molecule has 0 bridgehead atoms. The van der Waals surface area contributed by atoms with Crippen molar-refractivity contribution in [1.82, 2.24) is 14.7 Å². The smallest absolute Gasteiger partial charge is 0.274 e. The first kappa shape index (κ1) is 22.6. The molecule has 3 aromatic rings. The number of sulfone groups is 1. The fraction of sp³-hybridized carbons (Fsp3) is 0.360. The molecular weight excluding hydrogens is 455 g/mol. The van der Waals surface area contributed by atoms with Gasteiger partial charge in [0.05, 0.1) is 28.9 Å². The third kappa shape index (κ3) is 4.44. The van der Waals surface area contributed by atoms with Crippen molar-refractivity contribution >= 4 is 21.4 Å². The van der Waals surface area contributed by atoms with E-state index in [0.717, 1.165) is 16.8 Å². The zero-order valence-electron chi connectivity index (χ0n) is 19.0. The molecule has 178 valence electrons. The maximum Gasteiger partial charge on any atom is 0.274 e. The summed E-state index contributed by atoms with van der Waals surface area (Å²) in [5.41, 5.74) is 3.60. The molecule has 5 rings (SSSR count). The lowest BCUT2D eigenvalue weighted by atomic mass is 10.1. The molecule has 1 aromatic heterocycles. The summed E-state index contributed by atoms with van der Waals surface area (Å²) in [6.45, 7) is 3.97. The van der Waals surface area contributed by atoms with Gasteiger partial charge in [-0.25, -0.2) is 12.8 Å². The van der Waals surface area contributed by atoms with Crippen LogP contribution >= 0.6 is 0 Å². The summed E-state index contributed by atoms with van der Waals surface area (Å²) in [7, 11) is -3.11. The van der Waals surface area contributed by atoms with Crippen LogP contribution in [0.3, 0.4) is 0 Å². The number of amides is 1. The first-order chi connectivity index (χ1) is 16.3. The van der Waals surface area contributed by atoms with Gasteiger partial charge in [-0.3, -0.25) is 9.48 Å². The van der Waals surface area contributed by atoms with Gasteiger partial charge in [-0.1, -0.05) is 42.0 Å².